The van der Waals surface area contributed by atoms with Crippen molar-refractivity contribution in [1.82, 2.24) is 15.1 Å². The summed E-state index contributed by atoms with van der Waals surface area (Å²) in [6, 6.07) is 4.85. The summed E-state index contributed by atoms with van der Waals surface area (Å²) in [6.07, 6.45) is 6.66. The topological polar surface area (TPSA) is 52.7 Å². The van der Waals surface area contributed by atoms with E-state index in [1.807, 2.05) is 0 Å². The third-order valence-electron chi connectivity index (χ3n) is 4.31. The van der Waals surface area contributed by atoms with E-state index in [-0.39, 0.29) is 36.3 Å². The van der Waals surface area contributed by atoms with E-state index in [0.717, 1.165) is 6.42 Å². The number of nitrogens with one attached hydrogen (secondary N) is 1. The molecule has 1 heterocycles. The van der Waals surface area contributed by atoms with Gasteiger partial charge in [-0.1, -0.05) is 24.1 Å². The van der Waals surface area contributed by atoms with Gasteiger partial charge in [0.25, 0.3) is 0 Å². The van der Waals surface area contributed by atoms with E-state index >= 15 is 0 Å². The van der Waals surface area contributed by atoms with Crippen molar-refractivity contribution in [3.63, 3.8) is 0 Å². The van der Waals surface area contributed by atoms with Gasteiger partial charge in [0.2, 0.25) is 11.8 Å². The average molecular weight is 368 g/mol. The lowest BCUT2D eigenvalue weighted by Crippen LogP contribution is -2.49. The Kier molecular flexibility index (Phi) is 7.88. The van der Waals surface area contributed by atoms with Gasteiger partial charge in [-0.2, -0.15) is 0 Å². The number of amides is 2. The predicted molar refractivity (Wildman–Crippen MR) is 96.7 cm³/mol. The molecule has 5 nitrogen and oxygen atoms in total. The Morgan fingerprint density at radius 3 is 2.76 bits per heavy atom. The molecular formula is C18H23ClFN3O2. The third kappa shape index (κ3) is 4.50. The van der Waals surface area contributed by atoms with E-state index in [4.69, 9.17) is 6.42 Å². The Hall–Kier alpha value is -2.10. The molecule has 1 aliphatic rings. The highest BCUT2D eigenvalue weighted by Gasteiger charge is 2.40. The third-order valence-corrected chi connectivity index (χ3v) is 4.31. The fourth-order valence-electron chi connectivity index (χ4n) is 3.14. The maximum Gasteiger partial charge on any atom is 0.241 e. The molecule has 1 N–H and O–H groups in total. The van der Waals surface area contributed by atoms with Crippen LogP contribution in [-0.4, -0.2) is 54.8 Å². The molecule has 25 heavy (non-hydrogen) atoms. The zero-order valence-electron chi connectivity index (χ0n) is 14.4. The number of likely N-dealkylation sites (N-methyl/N-ethyl adjacent to an activating group) is 2. The minimum Gasteiger partial charge on any atom is -0.358 e. The lowest BCUT2D eigenvalue weighted by Gasteiger charge is -2.33. The molecule has 0 radical (unpaired) electrons. The van der Waals surface area contributed by atoms with Crippen LogP contribution >= 0.6 is 12.4 Å². The first kappa shape index (κ1) is 20.9. The molecule has 1 fully saturated rings. The van der Waals surface area contributed by atoms with Crippen LogP contribution in [0.3, 0.4) is 0 Å². The van der Waals surface area contributed by atoms with Gasteiger partial charge in [-0.15, -0.1) is 18.8 Å². The first-order valence-electron chi connectivity index (χ1n) is 7.91. The highest BCUT2D eigenvalue weighted by Crippen LogP contribution is 2.31. The summed E-state index contributed by atoms with van der Waals surface area (Å²) in [7, 11) is 3.14. The van der Waals surface area contributed by atoms with E-state index < -0.39 is 17.9 Å². The summed E-state index contributed by atoms with van der Waals surface area (Å²) >= 11 is 0. The van der Waals surface area contributed by atoms with Gasteiger partial charge in [-0.05, 0) is 18.9 Å². The molecule has 0 aliphatic carbocycles. The van der Waals surface area contributed by atoms with Crippen LogP contribution in [0.15, 0.2) is 24.3 Å². The van der Waals surface area contributed by atoms with Crippen LogP contribution in [0.4, 0.5) is 4.39 Å². The number of halogens is 2. The van der Waals surface area contributed by atoms with Gasteiger partial charge in [0, 0.05) is 26.2 Å². The van der Waals surface area contributed by atoms with E-state index in [9.17, 15) is 14.0 Å². The van der Waals surface area contributed by atoms with Crippen LogP contribution in [0, 0.1) is 18.2 Å². The lowest BCUT2D eigenvalue weighted by atomic mass is 10.0. The zero-order chi connectivity index (χ0) is 17.7. The van der Waals surface area contributed by atoms with Crippen molar-refractivity contribution in [1.29, 1.82) is 0 Å². The second kappa shape index (κ2) is 9.40. The number of hydrogen-bond acceptors (Lipinski definition) is 3. The molecule has 1 aliphatic heterocycles. The van der Waals surface area contributed by atoms with Crippen molar-refractivity contribution in [3.05, 3.63) is 35.6 Å². The van der Waals surface area contributed by atoms with Gasteiger partial charge < -0.3 is 10.2 Å². The number of carbonyl (C=O) groups is 2. The van der Waals surface area contributed by atoms with E-state index in [2.05, 4.69) is 11.2 Å². The first-order valence-corrected chi connectivity index (χ1v) is 7.91. The molecule has 0 bridgehead atoms. The average Bonchev–Trinajstić information content (AvgIpc) is 3.05. The Morgan fingerprint density at radius 1 is 1.48 bits per heavy atom. The minimum atomic E-state index is -0.841. The van der Waals surface area contributed by atoms with Crippen LogP contribution in [0.25, 0.3) is 0 Å². The standard InChI is InChI=1S/C18H22FN3O2.ClH/c1-4-11-21(3)18(24)15-10-7-12-22(15)16(17(23)20-2)13-8-5-6-9-14(13)19;/h1,5-6,8-9,15-16H,7,10-12H2,2-3H3,(H,20,23);1H/t15-,16+;/m0./s1. The number of likely N-dealkylation sites (tertiary alicyclic amines) is 1. The molecule has 2 rings (SSSR count). The van der Waals surface area contributed by atoms with Gasteiger partial charge in [0.1, 0.15) is 11.9 Å². The number of carbonyl (C=O) groups excluding carboxylic acids is 2. The van der Waals surface area contributed by atoms with E-state index in [1.165, 1.54) is 18.0 Å². The second-order valence-electron chi connectivity index (χ2n) is 5.83. The summed E-state index contributed by atoms with van der Waals surface area (Å²) in [5.74, 6) is 1.50. The highest BCUT2D eigenvalue weighted by molar-refractivity contribution is 5.86. The molecule has 0 saturated carbocycles. The van der Waals surface area contributed by atoms with Crippen molar-refractivity contribution >= 4 is 24.2 Å². The molecule has 0 spiro atoms. The summed E-state index contributed by atoms with van der Waals surface area (Å²) in [5, 5.41) is 2.58. The number of nitrogens with zero attached hydrogens (tertiary/aromatic N) is 2. The van der Waals surface area contributed by atoms with Crippen molar-refractivity contribution in [3.8, 4) is 12.3 Å². The van der Waals surface area contributed by atoms with Crippen molar-refractivity contribution in [2.75, 3.05) is 27.2 Å². The van der Waals surface area contributed by atoms with Crippen LogP contribution in [0.2, 0.25) is 0 Å². The fraction of sp³-hybridized carbons (Fsp3) is 0.444. The van der Waals surface area contributed by atoms with E-state index in [0.29, 0.717) is 13.0 Å². The minimum absolute atomic E-state index is 0. The highest BCUT2D eigenvalue weighted by atomic mass is 35.5. The summed E-state index contributed by atoms with van der Waals surface area (Å²) in [4.78, 5) is 28.3. The maximum absolute atomic E-state index is 14.3. The SMILES string of the molecule is C#CCN(C)C(=O)[C@@H]1CCCN1[C@@H](C(=O)NC)c1ccccc1F.Cl. The molecule has 2 amide bonds. The smallest absolute Gasteiger partial charge is 0.241 e. The number of rotatable bonds is 5. The van der Waals surface area contributed by atoms with Crippen LogP contribution < -0.4 is 5.32 Å². The molecule has 1 aromatic rings. The Labute approximate surface area is 154 Å². The first-order chi connectivity index (χ1) is 11.5. The fourth-order valence-corrected chi connectivity index (χ4v) is 3.14. The van der Waals surface area contributed by atoms with Crippen LogP contribution in [0.5, 0.6) is 0 Å². The van der Waals surface area contributed by atoms with E-state index in [1.54, 1.807) is 30.1 Å². The van der Waals surface area contributed by atoms with Gasteiger partial charge in [0.15, 0.2) is 0 Å². The molecule has 7 heteroatoms. The molecule has 0 aromatic heterocycles. The summed E-state index contributed by atoms with van der Waals surface area (Å²) in [6.45, 7) is 0.750. The monoisotopic (exact) mass is 367 g/mol. The Balaban J connectivity index is 0.00000312. The van der Waals surface area contributed by atoms with Gasteiger partial charge in [-0.3, -0.25) is 14.5 Å². The normalized spacial score (nSPS) is 17.9. The number of benzene rings is 1. The quantitative estimate of drug-likeness (QED) is 0.804. The van der Waals surface area contributed by atoms with Crippen molar-refractivity contribution in [2.24, 2.45) is 0 Å². The molecule has 0 unspecified atom stereocenters. The molecule has 1 saturated heterocycles. The zero-order valence-corrected chi connectivity index (χ0v) is 15.2. The number of terminal acetylenes is 1. The lowest BCUT2D eigenvalue weighted by molar-refractivity contribution is -0.137. The summed E-state index contributed by atoms with van der Waals surface area (Å²) in [5.41, 5.74) is 0.274. The van der Waals surface area contributed by atoms with Crippen molar-refractivity contribution in [2.45, 2.75) is 24.9 Å². The second-order valence-corrected chi connectivity index (χ2v) is 5.83. The summed E-state index contributed by atoms with van der Waals surface area (Å²) < 4.78 is 14.3. The van der Waals surface area contributed by atoms with Gasteiger partial charge in [-0.25, -0.2) is 4.39 Å². The van der Waals surface area contributed by atoms with Crippen LogP contribution in [0.1, 0.15) is 24.4 Å². The Bertz CT molecular complexity index is 662. The molecule has 1 aromatic carbocycles. The molecule has 2 atom stereocenters. The Morgan fingerprint density at radius 2 is 2.16 bits per heavy atom. The molecule has 136 valence electrons. The number of hydrogen-bond donors (Lipinski definition) is 1. The van der Waals surface area contributed by atoms with Crippen LogP contribution in [-0.2, 0) is 9.59 Å². The van der Waals surface area contributed by atoms with Crippen molar-refractivity contribution < 1.29 is 14.0 Å². The van der Waals surface area contributed by atoms with Gasteiger partial charge >= 0.3 is 0 Å². The molecular weight excluding hydrogens is 345 g/mol. The van der Waals surface area contributed by atoms with Gasteiger partial charge in [0.05, 0.1) is 12.6 Å². The largest absolute Gasteiger partial charge is 0.358 e. The maximum atomic E-state index is 14.3. The predicted octanol–water partition coefficient (Wildman–Crippen LogP) is 1.59.